The number of hydrogen-bond donors (Lipinski definition) is 1. The summed E-state index contributed by atoms with van der Waals surface area (Å²) >= 11 is 0. The fraction of sp³-hybridized carbons (Fsp3) is 0.286. The van der Waals surface area contributed by atoms with Crippen LogP contribution in [0.5, 0.6) is 11.5 Å². The molecular formula is C28H31N3O3. The third-order valence-corrected chi connectivity index (χ3v) is 5.73. The molecule has 1 heterocycles. The van der Waals surface area contributed by atoms with Gasteiger partial charge in [0.2, 0.25) is 0 Å². The van der Waals surface area contributed by atoms with Crippen molar-refractivity contribution in [2.75, 3.05) is 19.0 Å². The van der Waals surface area contributed by atoms with Crippen LogP contribution in [0.1, 0.15) is 31.4 Å². The Morgan fingerprint density at radius 3 is 2.32 bits per heavy atom. The van der Waals surface area contributed by atoms with Gasteiger partial charge in [0.25, 0.3) is 0 Å². The highest BCUT2D eigenvalue weighted by atomic mass is 16.5. The third-order valence-electron chi connectivity index (χ3n) is 5.73. The lowest BCUT2D eigenvalue weighted by Gasteiger charge is -2.16. The number of carbonyl (C=O) groups excluding carboxylic acids is 1. The van der Waals surface area contributed by atoms with Crippen LogP contribution >= 0.6 is 0 Å². The van der Waals surface area contributed by atoms with E-state index in [1.165, 1.54) is 10.6 Å². The summed E-state index contributed by atoms with van der Waals surface area (Å²) in [5, 5.41) is 9.22. The summed E-state index contributed by atoms with van der Waals surface area (Å²) in [5.74, 6) is 1.71. The molecule has 1 atom stereocenters. The Morgan fingerprint density at radius 2 is 1.68 bits per heavy atom. The third kappa shape index (κ3) is 5.95. The van der Waals surface area contributed by atoms with Crippen molar-refractivity contribution in [1.29, 1.82) is 0 Å². The molecule has 6 heteroatoms. The van der Waals surface area contributed by atoms with Gasteiger partial charge in [0.1, 0.15) is 11.5 Å². The Kier molecular flexibility index (Phi) is 7.48. The standard InChI is InChI=1S/C28H31N3O3/c1-20(2)34-26-17-13-24(14-18-26)29-28(32)31-19-23(10-9-21-7-5-4-6-8-21)27(30-31)22-11-15-25(33-3)16-12-22/h4-8,11-18,20,23H,9-10,19H2,1-3H3,(H,29,32). The van der Waals surface area contributed by atoms with E-state index in [0.717, 1.165) is 35.6 Å². The Morgan fingerprint density at radius 1 is 1.00 bits per heavy atom. The molecule has 1 N–H and O–H groups in total. The maximum Gasteiger partial charge on any atom is 0.342 e. The summed E-state index contributed by atoms with van der Waals surface area (Å²) < 4.78 is 11.0. The maximum absolute atomic E-state index is 13.0. The van der Waals surface area contributed by atoms with Gasteiger partial charge in [-0.25, -0.2) is 9.80 Å². The largest absolute Gasteiger partial charge is 0.497 e. The number of carbonyl (C=O) groups is 1. The molecule has 0 aliphatic carbocycles. The molecule has 0 bridgehead atoms. The number of hydrazone groups is 1. The van der Waals surface area contributed by atoms with Crippen LogP contribution in [0.2, 0.25) is 0 Å². The maximum atomic E-state index is 13.0. The predicted molar refractivity (Wildman–Crippen MR) is 136 cm³/mol. The van der Waals surface area contributed by atoms with Crippen molar-refractivity contribution in [3.05, 3.63) is 90.0 Å². The first-order valence-corrected chi connectivity index (χ1v) is 11.6. The number of anilines is 1. The molecule has 1 unspecified atom stereocenters. The molecule has 1 aliphatic rings. The average Bonchev–Trinajstić information content (AvgIpc) is 3.29. The predicted octanol–water partition coefficient (Wildman–Crippen LogP) is 5.98. The molecule has 1 aliphatic heterocycles. The quantitative estimate of drug-likeness (QED) is 0.452. The van der Waals surface area contributed by atoms with Gasteiger partial charge in [-0.15, -0.1) is 0 Å². The number of nitrogens with zero attached hydrogens (tertiary/aromatic N) is 2. The van der Waals surface area contributed by atoms with Crippen LogP contribution in [0, 0.1) is 5.92 Å². The van der Waals surface area contributed by atoms with Crippen LogP contribution in [-0.4, -0.2) is 36.5 Å². The molecular weight excluding hydrogens is 426 g/mol. The number of benzene rings is 3. The van der Waals surface area contributed by atoms with E-state index in [2.05, 4.69) is 29.6 Å². The number of ether oxygens (including phenoxy) is 2. The topological polar surface area (TPSA) is 63.2 Å². The van der Waals surface area contributed by atoms with Gasteiger partial charge in [0, 0.05) is 11.6 Å². The first-order chi connectivity index (χ1) is 16.5. The number of nitrogens with one attached hydrogen (secondary N) is 1. The molecule has 34 heavy (non-hydrogen) atoms. The zero-order valence-corrected chi connectivity index (χ0v) is 19.9. The number of amides is 2. The van der Waals surface area contributed by atoms with Crippen molar-refractivity contribution in [2.24, 2.45) is 11.0 Å². The molecule has 2 amide bonds. The van der Waals surface area contributed by atoms with E-state index in [-0.39, 0.29) is 18.1 Å². The summed E-state index contributed by atoms with van der Waals surface area (Å²) in [4.78, 5) is 13.0. The molecule has 0 aromatic heterocycles. The monoisotopic (exact) mass is 457 g/mol. The van der Waals surface area contributed by atoms with Crippen molar-refractivity contribution >= 4 is 17.4 Å². The normalized spacial score (nSPS) is 15.2. The van der Waals surface area contributed by atoms with Crippen LogP contribution in [-0.2, 0) is 6.42 Å². The molecule has 3 aromatic rings. The Labute approximate surface area is 201 Å². The molecule has 0 fully saturated rings. The van der Waals surface area contributed by atoms with Crippen molar-refractivity contribution < 1.29 is 14.3 Å². The summed E-state index contributed by atoms with van der Waals surface area (Å²) in [6, 6.07) is 25.4. The zero-order valence-electron chi connectivity index (χ0n) is 19.9. The number of methoxy groups -OCH3 is 1. The summed E-state index contributed by atoms with van der Waals surface area (Å²) in [7, 11) is 1.65. The molecule has 4 rings (SSSR count). The average molecular weight is 458 g/mol. The Balaban J connectivity index is 1.48. The minimum atomic E-state index is -0.245. The molecule has 0 saturated heterocycles. The highest BCUT2D eigenvalue weighted by molar-refractivity contribution is 6.05. The van der Waals surface area contributed by atoms with Crippen molar-refractivity contribution in [2.45, 2.75) is 32.8 Å². The van der Waals surface area contributed by atoms with E-state index < -0.39 is 0 Å². The first-order valence-electron chi connectivity index (χ1n) is 11.6. The van der Waals surface area contributed by atoms with Crippen LogP contribution < -0.4 is 14.8 Å². The zero-order chi connectivity index (χ0) is 23.9. The number of urea groups is 1. The summed E-state index contributed by atoms with van der Waals surface area (Å²) in [6.45, 7) is 4.50. The van der Waals surface area contributed by atoms with Gasteiger partial charge in [-0.05, 0) is 86.3 Å². The van der Waals surface area contributed by atoms with Crippen LogP contribution in [0.3, 0.4) is 0 Å². The van der Waals surface area contributed by atoms with Gasteiger partial charge >= 0.3 is 6.03 Å². The van der Waals surface area contributed by atoms with E-state index >= 15 is 0 Å². The highest BCUT2D eigenvalue weighted by Gasteiger charge is 2.31. The molecule has 0 radical (unpaired) electrons. The van der Waals surface area contributed by atoms with Gasteiger partial charge in [-0.3, -0.25) is 0 Å². The van der Waals surface area contributed by atoms with Gasteiger partial charge < -0.3 is 14.8 Å². The lowest BCUT2D eigenvalue weighted by molar-refractivity contribution is 0.215. The second kappa shape index (κ2) is 10.9. The van der Waals surface area contributed by atoms with Gasteiger partial charge in [-0.1, -0.05) is 30.3 Å². The first kappa shape index (κ1) is 23.4. The van der Waals surface area contributed by atoms with E-state index in [0.29, 0.717) is 12.2 Å². The lowest BCUT2D eigenvalue weighted by Crippen LogP contribution is -2.30. The number of aryl methyl sites for hydroxylation is 1. The van der Waals surface area contributed by atoms with E-state index in [1.807, 2.05) is 68.4 Å². The van der Waals surface area contributed by atoms with Crippen LogP contribution in [0.25, 0.3) is 0 Å². The fourth-order valence-corrected chi connectivity index (χ4v) is 4.02. The Hall–Kier alpha value is -3.80. The van der Waals surface area contributed by atoms with E-state index in [1.54, 1.807) is 7.11 Å². The second-order valence-corrected chi connectivity index (χ2v) is 8.64. The number of rotatable bonds is 8. The lowest BCUT2D eigenvalue weighted by atomic mass is 9.91. The molecule has 6 nitrogen and oxygen atoms in total. The minimum absolute atomic E-state index is 0.101. The number of hydrogen-bond acceptors (Lipinski definition) is 4. The van der Waals surface area contributed by atoms with Gasteiger partial charge in [0.05, 0.1) is 25.5 Å². The van der Waals surface area contributed by atoms with Crippen LogP contribution in [0.15, 0.2) is 84.0 Å². The summed E-state index contributed by atoms with van der Waals surface area (Å²) in [6.07, 6.45) is 1.93. The van der Waals surface area contributed by atoms with Gasteiger partial charge in [-0.2, -0.15) is 5.10 Å². The molecule has 3 aromatic carbocycles. The van der Waals surface area contributed by atoms with E-state index in [9.17, 15) is 4.79 Å². The van der Waals surface area contributed by atoms with Crippen molar-refractivity contribution in [3.8, 4) is 11.5 Å². The molecule has 0 spiro atoms. The molecule has 176 valence electrons. The van der Waals surface area contributed by atoms with Gasteiger partial charge in [0.15, 0.2) is 0 Å². The smallest absolute Gasteiger partial charge is 0.342 e. The Bertz CT molecular complexity index is 1110. The van der Waals surface area contributed by atoms with Crippen molar-refractivity contribution in [3.63, 3.8) is 0 Å². The minimum Gasteiger partial charge on any atom is -0.497 e. The van der Waals surface area contributed by atoms with Crippen molar-refractivity contribution in [1.82, 2.24) is 5.01 Å². The fourth-order valence-electron chi connectivity index (χ4n) is 4.02. The van der Waals surface area contributed by atoms with Crippen LogP contribution in [0.4, 0.5) is 10.5 Å². The highest BCUT2D eigenvalue weighted by Crippen LogP contribution is 2.26. The second-order valence-electron chi connectivity index (χ2n) is 8.64. The van der Waals surface area contributed by atoms with E-state index in [4.69, 9.17) is 14.6 Å². The molecule has 0 saturated carbocycles. The summed E-state index contributed by atoms with van der Waals surface area (Å²) in [5.41, 5.74) is 3.91. The SMILES string of the molecule is COc1ccc(C2=NN(C(=O)Nc3ccc(OC(C)C)cc3)CC2CCc2ccccc2)cc1.